The number of hydrogen-bond donors (Lipinski definition) is 2. The lowest BCUT2D eigenvalue weighted by Gasteiger charge is -2.26. The van der Waals surface area contributed by atoms with Gasteiger partial charge in [0.05, 0.1) is 0 Å². The quantitative estimate of drug-likeness (QED) is 0.873. The van der Waals surface area contributed by atoms with Gasteiger partial charge >= 0.3 is 5.97 Å². The number of amides is 1. The molecule has 1 aromatic rings. The van der Waals surface area contributed by atoms with E-state index in [0.29, 0.717) is 0 Å². The molecule has 1 aliphatic rings. The molecule has 0 atom stereocenters. The topological polar surface area (TPSA) is 75.6 Å². The maximum Gasteiger partial charge on any atom is 0.339 e. The van der Waals surface area contributed by atoms with Gasteiger partial charge in [0.1, 0.15) is 11.3 Å². The molecule has 114 valence electrons. The predicted molar refractivity (Wildman–Crippen MR) is 78.5 cm³/mol. The largest absolute Gasteiger partial charge is 0.483 e. The van der Waals surface area contributed by atoms with Crippen molar-refractivity contribution in [3.8, 4) is 5.75 Å². The lowest BCUT2D eigenvalue weighted by molar-refractivity contribution is -0.124. The second-order valence-corrected chi connectivity index (χ2v) is 5.61. The summed E-state index contributed by atoms with van der Waals surface area (Å²) in [6.45, 7) is 2.07. The molecule has 0 aromatic heterocycles. The first-order valence-electron chi connectivity index (χ1n) is 7.30. The highest BCUT2D eigenvalue weighted by Gasteiger charge is 2.20. The van der Waals surface area contributed by atoms with Crippen molar-refractivity contribution in [3.63, 3.8) is 0 Å². The third kappa shape index (κ3) is 4.48. The molecule has 21 heavy (non-hydrogen) atoms. The summed E-state index contributed by atoms with van der Waals surface area (Å²) < 4.78 is 5.33. The fourth-order valence-corrected chi connectivity index (χ4v) is 2.59. The molecule has 2 N–H and O–H groups in total. The number of carbonyl (C=O) groups is 2. The molecule has 0 heterocycles. The Hall–Kier alpha value is -2.04. The molecule has 0 radical (unpaired) electrons. The second-order valence-electron chi connectivity index (χ2n) is 5.61. The third-order valence-corrected chi connectivity index (χ3v) is 3.86. The van der Waals surface area contributed by atoms with Crippen LogP contribution in [0.4, 0.5) is 0 Å². The van der Waals surface area contributed by atoms with Crippen LogP contribution < -0.4 is 10.1 Å². The van der Waals surface area contributed by atoms with E-state index in [0.717, 1.165) is 31.6 Å². The molecular formula is C16H21NO4. The van der Waals surface area contributed by atoms with Gasteiger partial charge < -0.3 is 15.2 Å². The molecule has 5 nitrogen and oxygen atoms in total. The zero-order valence-electron chi connectivity index (χ0n) is 12.2. The molecule has 1 fully saturated rings. The number of ether oxygens (including phenoxy) is 1. The van der Waals surface area contributed by atoms with E-state index in [4.69, 9.17) is 9.84 Å². The van der Waals surface area contributed by atoms with E-state index in [1.165, 1.54) is 6.07 Å². The van der Waals surface area contributed by atoms with Crippen LogP contribution in [0.2, 0.25) is 0 Å². The number of nitrogens with one attached hydrogen (secondary N) is 1. The average Bonchev–Trinajstić information content (AvgIpc) is 2.48. The molecular weight excluding hydrogens is 270 g/mol. The van der Waals surface area contributed by atoms with E-state index in [-0.39, 0.29) is 29.9 Å². The Morgan fingerprint density at radius 2 is 1.90 bits per heavy atom. The molecule has 1 amide bonds. The molecule has 0 bridgehead atoms. The Morgan fingerprint density at radius 3 is 2.57 bits per heavy atom. The second kappa shape index (κ2) is 7.11. The van der Waals surface area contributed by atoms with Crippen molar-refractivity contribution in [3.05, 3.63) is 29.8 Å². The Bertz CT molecular complexity index is 507. The van der Waals surface area contributed by atoms with Gasteiger partial charge in [0.25, 0.3) is 5.91 Å². The van der Waals surface area contributed by atoms with Crippen LogP contribution in [0.1, 0.15) is 43.0 Å². The van der Waals surface area contributed by atoms with Crippen LogP contribution >= 0.6 is 0 Å². The van der Waals surface area contributed by atoms with Gasteiger partial charge in [-0.2, -0.15) is 0 Å². The molecule has 5 heteroatoms. The number of carboxylic acid groups (broad SMARTS) is 1. The minimum Gasteiger partial charge on any atom is -0.483 e. The summed E-state index contributed by atoms with van der Waals surface area (Å²) in [7, 11) is 0. The van der Waals surface area contributed by atoms with Crippen molar-refractivity contribution in [1.29, 1.82) is 0 Å². The summed E-state index contributed by atoms with van der Waals surface area (Å²) in [5.74, 6) is -0.309. The van der Waals surface area contributed by atoms with Gasteiger partial charge in [0, 0.05) is 6.04 Å². The Labute approximate surface area is 124 Å². The van der Waals surface area contributed by atoms with Crippen molar-refractivity contribution >= 4 is 11.9 Å². The number of para-hydroxylation sites is 1. The van der Waals surface area contributed by atoms with Gasteiger partial charge in [-0.15, -0.1) is 0 Å². The summed E-state index contributed by atoms with van der Waals surface area (Å²) in [5.41, 5.74) is 0.0665. The van der Waals surface area contributed by atoms with Crippen molar-refractivity contribution in [2.75, 3.05) is 6.61 Å². The Balaban J connectivity index is 1.83. The molecule has 0 aliphatic heterocycles. The molecule has 1 aromatic carbocycles. The fourth-order valence-electron chi connectivity index (χ4n) is 2.59. The standard InChI is InChI=1S/C16H21NO4/c1-11-6-8-12(9-7-11)17-15(18)10-21-14-5-3-2-4-13(14)16(19)20/h2-5,11-12H,6-10H2,1H3,(H,17,18)(H,19,20). The van der Waals surface area contributed by atoms with Crippen molar-refractivity contribution in [2.24, 2.45) is 5.92 Å². The summed E-state index contributed by atoms with van der Waals surface area (Å²) in [5, 5.41) is 12.0. The minimum absolute atomic E-state index is 0.0665. The smallest absolute Gasteiger partial charge is 0.339 e. The fraction of sp³-hybridized carbons (Fsp3) is 0.500. The van der Waals surface area contributed by atoms with E-state index in [9.17, 15) is 9.59 Å². The van der Waals surface area contributed by atoms with Crippen molar-refractivity contribution < 1.29 is 19.4 Å². The van der Waals surface area contributed by atoms with Crippen LogP contribution in [0.3, 0.4) is 0 Å². The molecule has 0 unspecified atom stereocenters. The molecule has 2 rings (SSSR count). The SMILES string of the molecule is CC1CCC(NC(=O)COc2ccccc2C(=O)O)CC1. The summed E-state index contributed by atoms with van der Waals surface area (Å²) >= 11 is 0. The highest BCUT2D eigenvalue weighted by molar-refractivity contribution is 5.91. The zero-order valence-corrected chi connectivity index (χ0v) is 12.2. The third-order valence-electron chi connectivity index (χ3n) is 3.86. The Kier molecular flexibility index (Phi) is 5.20. The van der Waals surface area contributed by atoms with E-state index in [1.807, 2.05) is 0 Å². The van der Waals surface area contributed by atoms with Crippen LogP contribution in [0.15, 0.2) is 24.3 Å². The summed E-state index contributed by atoms with van der Waals surface area (Å²) in [6, 6.07) is 6.53. The number of rotatable bonds is 5. The normalized spacial score (nSPS) is 21.6. The maximum atomic E-state index is 11.9. The van der Waals surface area contributed by atoms with Crippen LogP contribution in [-0.4, -0.2) is 29.6 Å². The monoisotopic (exact) mass is 291 g/mol. The number of aromatic carboxylic acids is 1. The number of benzene rings is 1. The first kappa shape index (κ1) is 15.4. The van der Waals surface area contributed by atoms with Crippen LogP contribution in [0.25, 0.3) is 0 Å². The van der Waals surface area contributed by atoms with Crippen LogP contribution in [-0.2, 0) is 4.79 Å². The molecule has 0 saturated heterocycles. The van der Waals surface area contributed by atoms with E-state index in [1.54, 1.807) is 18.2 Å². The number of hydrogen-bond acceptors (Lipinski definition) is 3. The van der Waals surface area contributed by atoms with Crippen molar-refractivity contribution in [1.82, 2.24) is 5.32 Å². The van der Waals surface area contributed by atoms with Gasteiger partial charge in [0.15, 0.2) is 6.61 Å². The van der Waals surface area contributed by atoms with E-state index >= 15 is 0 Å². The molecule has 0 spiro atoms. The average molecular weight is 291 g/mol. The van der Waals surface area contributed by atoms with E-state index < -0.39 is 5.97 Å². The maximum absolute atomic E-state index is 11.9. The molecule has 1 saturated carbocycles. The van der Waals surface area contributed by atoms with Crippen LogP contribution in [0.5, 0.6) is 5.75 Å². The highest BCUT2D eigenvalue weighted by Crippen LogP contribution is 2.23. The highest BCUT2D eigenvalue weighted by atomic mass is 16.5. The predicted octanol–water partition coefficient (Wildman–Crippen LogP) is 2.46. The van der Waals surface area contributed by atoms with Gasteiger partial charge in [-0.05, 0) is 43.7 Å². The van der Waals surface area contributed by atoms with Crippen molar-refractivity contribution in [2.45, 2.75) is 38.6 Å². The lowest BCUT2D eigenvalue weighted by atomic mass is 9.87. The van der Waals surface area contributed by atoms with Gasteiger partial charge in [-0.1, -0.05) is 19.1 Å². The molecule has 1 aliphatic carbocycles. The summed E-state index contributed by atoms with van der Waals surface area (Å²) in [4.78, 5) is 22.9. The van der Waals surface area contributed by atoms with Gasteiger partial charge in [-0.25, -0.2) is 4.79 Å². The first-order chi connectivity index (χ1) is 10.1. The van der Waals surface area contributed by atoms with Gasteiger partial charge in [0.2, 0.25) is 0 Å². The lowest BCUT2D eigenvalue weighted by Crippen LogP contribution is -2.39. The number of carbonyl (C=O) groups excluding carboxylic acids is 1. The zero-order chi connectivity index (χ0) is 15.2. The summed E-state index contributed by atoms with van der Waals surface area (Å²) in [6.07, 6.45) is 4.26. The number of carboxylic acids is 1. The van der Waals surface area contributed by atoms with Gasteiger partial charge in [-0.3, -0.25) is 4.79 Å². The Morgan fingerprint density at radius 1 is 1.24 bits per heavy atom. The van der Waals surface area contributed by atoms with Crippen LogP contribution in [0, 0.1) is 5.92 Å². The first-order valence-corrected chi connectivity index (χ1v) is 7.30. The minimum atomic E-state index is -1.06. The van der Waals surface area contributed by atoms with E-state index in [2.05, 4.69) is 12.2 Å².